The molecule has 0 saturated carbocycles. The molecule has 0 unspecified atom stereocenters. The second-order valence-corrected chi connectivity index (χ2v) is 3.21. The summed E-state index contributed by atoms with van der Waals surface area (Å²) < 4.78 is 0. The summed E-state index contributed by atoms with van der Waals surface area (Å²) in [5.74, 6) is 3.89. The Morgan fingerprint density at radius 2 is 1.89 bits per heavy atom. The SMILES string of the molecule is C=CC#Cc1ccc(NC(=O)/C=C\C(=O)O)cc1. The van der Waals surface area contributed by atoms with Crippen molar-refractivity contribution in [3.8, 4) is 11.8 Å². The fourth-order valence-corrected chi connectivity index (χ4v) is 1.10. The van der Waals surface area contributed by atoms with Gasteiger partial charge < -0.3 is 10.4 Å². The number of amides is 1. The van der Waals surface area contributed by atoms with Crippen molar-refractivity contribution in [2.75, 3.05) is 5.32 Å². The van der Waals surface area contributed by atoms with Gasteiger partial charge in [-0.25, -0.2) is 4.79 Å². The van der Waals surface area contributed by atoms with Crippen LogP contribution in [0.15, 0.2) is 49.1 Å². The van der Waals surface area contributed by atoms with Crippen LogP contribution in [0.1, 0.15) is 5.56 Å². The average Bonchev–Trinajstić information content (AvgIpc) is 2.35. The number of carboxylic acid groups (broad SMARTS) is 1. The van der Waals surface area contributed by atoms with Crippen LogP contribution >= 0.6 is 0 Å². The minimum atomic E-state index is -1.17. The van der Waals surface area contributed by atoms with Gasteiger partial charge >= 0.3 is 5.97 Å². The molecule has 2 N–H and O–H groups in total. The van der Waals surface area contributed by atoms with E-state index in [1.165, 1.54) is 6.08 Å². The zero-order valence-corrected chi connectivity index (χ0v) is 9.51. The summed E-state index contributed by atoms with van der Waals surface area (Å²) in [5, 5.41) is 10.9. The van der Waals surface area contributed by atoms with Gasteiger partial charge in [-0.15, -0.1) is 0 Å². The highest BCUT2D eigenvalue weighted by Gasteiger charge is 1.98. The maximum absolute atomic E-state index is 11.3. The number of carboxylic acids is 1. The van der Waals surface area contributed by atoms with Gasteiger partial charge in [0.25, 0.3) is 0 Å². The number of anilines is 1. The molecule has 0 aliphatic rings. The molecule has 1 rings (SSSR count). The Morgan fingerprint density at radius 3 is 2.44 bits per heavy atom. The predicted octanol–water partition coefficient (Wildman–Crippen LogP) is 1.80. The summed E-state index contributed by atoms with van der Waals surface area (Å²) in [7, 11) is 0. The second kappa shape index (κ2) is 6.71. The third kappa shape index (κ3) is 4.81. The van der Waals surface area contributed by atoms with Gasteiger partial charge in [0.2, 0.25) is 5.91 Å². The molecule has 0 aromatic heterocycles. The first-order chi connectivity index (χ1) is 8.61. The molecular weight excluding hydrogens is 230 g/mol. The van der Waals surface area contributed by atoms with E-state index < -0.39 is 11.9 Å². The van der Waals surface area contributed by atoms with Crippen LogP contribution in [0.5, 0.6) is 0 Å². The summed E-state index contributed by atoms with van der Waals surface area (Å²) in [4.78, 5) is 21.5. The lowest BCUT2D eigenvalue weighted by Crippen LogP contribution is -2.08. The van der Waals surface area contributed by atoms with E-state index >= 15 is 0 Å². The Balaban J connectivity index is 2.66. The van der Waals surface area contributed by atoms with E-state index in [1.54, 1.807) is 24.3 Å². The van der Waals surface area contributed by atoms with Gasteiger partial charge in [-0.1, -0.05) is 18.4 Å². The Labute approximate surface area is 105 Å². The third-order valence-electron chi connectivity index (χ3n) is 1.85. The minimum Gasteiger partial charge on any atom is -0.478 e. The van der Waals surface area contributed by atoms with E-state index in [0.29, 0.717) is 5.69 Å². The molecular formula is C14H11NO3. The zero-order chi connectivity index (χ0) is 13.4. The molecule has 1 amide bonds. The first-order valence-corrected chi connectivity index (χ1v) is 5.06. The van der Waals surface area contributed by atoms with Gasteiger partial charge in [-0.3, -0.25) is 4.79 Å². The Kier molecular flexibility index (Phi) is 4.95. The zero-order valence-electron chi connectivity index (χ0n) is 9.51. The first-order valence-electron chi connectivity index (χ1n) is 5.06. The fraction of sp³-hybridized carbons (Fsp3) is 0. The van der Waals surface area contributed by atoms with E-state index in [-0.39, 0.29) is 0 Å². The number of allylic oxidation sites excluding steroid dienone is 1. The molecule has 0 aliphatic heterocycles. The molecule has 0 atom stereocenters. The normalized spacial score (nSPS) is 9.33. The molecule has 0 bridgehead atoms. The van der Waals surface area contributed by atoms with Crippen molar-refractivity contribution >= 4 is 17.6 Å². The van der Waals surface area contributed by atoms with Gasteiger partial charge in [0, 0.05) is 23.4 Å². The number of carbonyl (C=O) groups is 2. The quantitative estimate of drug-likeness (QED) is 0.626. The number of hydrogen-bond donors (Lipinski definition) is 2. The molecule has 18 heavy (non-hydrogen) atoms. The van der Waals surface area contributed by atoms with E-state index in [4.69, 9.17) is 5.11 Å². The molecule has 0 saturated heterocycles. The van der Waals surface area contributed by atoms with Crippen LogP contribution in [-0.4, -0.2) is 17.0 Å². The lowest BCUT2D eigenvalue weighted by Gasteiger charge is -2.01. The summed E-state index contributed by atoms with van der Waals surface area (Å²) in [5.41, 5.74) is 1.37. The summed E-state index contributed by atoms with van der Waals surface area (Å²) in [6, 6.07) is 6.85. The summed E-state index contributed by atoms with van der Waals surface area (Å²) in [6.45, 7) is 3.48. The topological polar surface area (TPSA) is 66.4 Å². The molecule has 1 aromatic carbocycles. The Morgan fingerprint density at radius 1 is 1.22 bits per heavy atom. The van der Waals surface area contributed by atoms with E-state index in [1.807, 2.05) is 0 Å². The first kappa shape index (κ1) is 13.3. The van der Waals surface area contributed by atoms with Crippen LogP contribution in [0.2, 0.25) is 0 Å². The van der Waals surface area contributed by atoms with Crippen LogP contribution in [0.25, 0.3) is 0 Å². The number of carbonyl (C=O) groups excluding carboxylic acids is 1. The number of nitrogens with one attached hydrogen (secondary N) is 1. The van der Waals surface area contributed by atoms with Gasteiger partial charge in [0.05, 0.1) is 0 Å². The van der Waals surface area contributed by atoms with Crippen LogP contribution in [-0.2, 0) is 9.59 Å². The third-order valence-corrected chi connectivity index (χ3v) is 1.85. The average molecular weight is 241 g/mol. The maximum atomic E-state index is 11.3. The maximum Gasteiger partial charge on any atom is 0.328 e. The van der Waals surface area contributed by atoms with E-state index in [9.17, 15) is 9.59 Å². The largest absolute Gasteiger partial charge is 0.478 e. The van der Waals surface area contributed by atoms with E-state index in [0.717, 1.165) is 17.7 Å². The van der Waals surface area contributed by atoms with Crippen molar-refractivity contribution in [2.45, 2.75) is 0 Å². The number of benzene rings is 1. The van der Waals surface area contributed by atoms with Gasteiger partial charge in [0.15, 0.2) is 0 Å². The molecule has 0 aliphatic carbocycles. The number of aliphatic carboxylic acids is 1. The van der Waals surface area contributed by atoms with Gasteiger partial charge in [-0.2, -0.15) is 0 Å². The van der Waals surface area contributed by atoms with Crippen molar-refractivity contribution < 1.29 is 14.7 Å². The Bertz CT molecular complexity index is 545. The van der Waals surface area contributed by atoms with Crippen molar-refractivity contribution in [1.29, 1.82) is 0 Å². The van der Waals surface area contributed by atoms with Crippen molar-refractivity contribution in [1.82, 2.24) is 0 Å². The number of rotatable bonds is 3. The van der Waals surface area contributed by atoms with Crippen molar-refractivity contribution in [3.63, 3.8) is 0 Å². The molecule has 90 valence electrons. The monoisotopic (exact) mass is 241 g/mol. The highest BCUT2D eigenvalue weighted by molar-refractivity contribution is 6.02. The predicted molar refractivity (Wildman–Crippen MR) is 68.9 cm³/mol. The molecule has 0 spiro atoms. The fourth-order valence-electron chi connectivity index (χ4n) is 1.10. The highest BCUT2D eigenvalue weighted by Crippen LogP contribution is 2.08. The van der Waals surface area contributed by atoms with Gasteiger partial charge in [-0.05, 0) is 30.3 Å². The molecule has 4 heteroatoms. The van der Waals surface area contributed by atoms with E-state index in [2.05, 4.69) is 23.7 Å². The van der Waals surface area contributed by atoms with Crippen LogP contribution in [0.4, 0.5) is 5.69 Å². The Hall–Kier alpha value is -2.80. The van der Waals surface area contributed by atoms with Crippen molar-refractivity contribution in [2.24, 2.45) is 0 Å². The molecule has 0 radical (unpaired) electrons. The highest BCUT2D eigenvalue weighted by atomic mass is 16.4. The standard InChI is InChI=1S/C14H11NO3/c1-2-3-4-11-5-7-12(8-6-11)15-13(16)9-10-14(17)18/h2,5-10H,1H2,(H,15,16)(H,17,18)/b10-9-. The van der Waals surface area contributed by atoms with Crippen molar-refractivity contribution in [3.05, 3.63) is 54.6 Å². The minimum absolute atomic E-state index is 0.498. The second-order valence-electron chi connectivity index (χ2n) is 3.21. The smallest absolute Gasteiger partial charge is 0.328 e. The lowest BCUT2D eigenvalue weighted by molar-refractivity contribution is -0.131. The van der Waals surface area contributed by atoms with Crippen LogP contribution in [0, 0.1) is 11.8 Å². The lowest BCUT2D eigenvalue weighted by atomic mass is 10.2. The van der Waals surface area contributed by atoms with Gasteiger partial charge in [0.1, 0.15) is 0 Å². The number of hydrogen-bond acceptors (Lipinski definition) is 2. The molecule has 4 nitrogen and oxygen atoms in total. The molecule has 0 heterocycles. The molecule has 0 fully saturated rings. The summed E-state index contributed by atoms with van der Waals surface area (Å²) >= 11 is 0. The van der Waals surface area contributed by atoms with Crippen LogP contribution < -0.4 is 5.32 Å². The summed E-state index contributed by atoms with van der Waals surface area (Å²) in [6.07, 6.45) is 3.22. The molecule has 1 aromatic rings. The van der Waals surface area contributed by atoms with Crippen LogP contribution in [0.3, 0.4) is 0 Å².